The number of sulfonamides is 1. The van der Waals surface area contributed by atoms with Crippen LogP contribution >= 0.6 is 0 Å². The molecule has 0 saturated heterocycles. The summed E-state index contributed by atoms with van der Waals surface area (Å²) in [5, 5.41) is 2.87. The van der Waals surface area contributed by atoms with E-state index in [9.17, 15) is 13.2 Å². The molecule has 30 heavy (non-hydrogen) atoms. The Bertz CT molecular complexity index is 932. The first-order valence-corrected chi connectivity index (χ1v) is 11.3. The van der Waals surface area contributed by atoms with Gasteiger partial charge in [-0.25, -0.2) is 8.42 Å². The molecule has 8 heteroatoms. The summed E-state index contributed by atoms with van der Waals surface area (Å²) in [6.07, 6.45) is 1.75. The van der Waals surface area contributed by atoms with Crippen molar-refractivity contribution in [3.05, 3.63) is 54.1 Å². The van der Waals surface area contributed by atoms with Crippen LogP contribution in [0.3, 0.4) is 0 Å². The first-order valence-electron chi connectivity index (χ1n) is 9.87. The van der Waals surface area contributed by atoms with E-state index >= 15 is 0 Å². The minimum atomic E-state index is -4.05. The molecule has 1 N–H and O–H groups in total. The lowest BCUT2D eigenvalue weighted by Crippen LogP contribution is -2.43. The van der Waals surface area contributed by atoms with Crippen molar-refractivity contribution < 1.29 is 22.7 Å². The van der Waals surface area contributed by atoms with E-state index in [0.29, 0.717) is 5.75 Å². The van der Waals surface area contributed by atoms with Crippen LogP contribution in [-0.4, -0.2) is 45.4 Å². The van der Waals surface area contributed by atoms with Gasteiger partial charge in [0.2, 0.25) is 15.9 Å². The molecule has 164 valence electrons. The number of benzene rings is 2. The zero-order valence-corrected chi connectivity index (χ0v) is 18.7. The Labute approximate surface area is 179 Å². The smallest absolute Gasteiger partial charge is 0.247 e. The predicted molar refractivity (Wildman–Crippen MR) is 116 cm³/mol. The van der Waals surface area contributed by atoms with Crippen molar-refractivity contribution in [2.24, 2.45) is 0 Å². The highest BCUT2D eigenvalue weighted by molar-refractivity contribution is 7.89. The second-order valence-electron chi connectivity index (χ2n) is 7.03. The Morgan fingerprint density at radius 2 is 1.80 bits per heavy atom. The maximum atomic E-state index is 13.5. The second kappa shape index (κ2) is 11.0. The molecule has 0 fully saturated rings. The predicted octanol–water partition coefficient (Wildman–Crippen LogP) is 3.20. The number of nitrogens with zero attached hydrogens (tertiary/aromatic N) is 1. The van der Waals surface area contributed by atoms with Gasteiger partial charge in [-0.3, -0.25) is 4.79 Å². The summed E-state index contributed by atoms with van der Waals surface area (Å²) in [7, 11) is -1.19. The van der Waals surface area contributed by atoms with Gasteiger partial charge in [-0.05, 0) is 31.0 Å². The van der Waals surface area contributed by atoms with E-state index in [1.165, 1.54) is 26.4 Å². The highest BCUT2D eigenvalue weighted by Crippen LogP contribution is 2.31. The molecule has 0 spiro atoms. The summed E-state index contributed by atoms with van der Waals surface area (Å²) in [4.78, 5) is 12.6. The molecule has 1 atom stereocenters. The van der Waals surface area contributed by atoms with Crippen molar-refractivity contribution in [2.75, 3.05) is 20.8 Å². The average Bonchev–Trinajstić information content (AvgIpc) is 2.73. The van der Waals surface area contributed by atoms with Crippen molar-refractivity contribution in [2.45, 2.75) is 44.2 Å². The molecule has 2 rings (SSSR count). The number of methoxy groups -OCH3 is 2. The Balaban J connectivity index is 2.40. The summed E-state index contributed by atoms with van der Waals surface area (Å²) < 4.78 is 38.7. The Hall–Kier alpha value is -2.58. The average molecular weight is 435 g/mol. The summed E-state index contributed by atoms with van der Waals surface area (Å²) >= 11 is 0. The number of ether oxygens (including phenoxy) is 2. The third kappa shape index (κ3) is 6.21. The van der Waals surface area contributed by atoms with Gasteiger partial charge in [-0.2, -0.15) is 4.31 Å². The number of hydrogen-bond acceptors (Lipinski definition) is 5. The quantitative estimate of drug-likeness (QED) is 0.587. The first-order chi connectivity index (χ1) is 14.3. The van der Waals surface area contributed by atoms with E-state index in [1.54, 1.807) is 6.07 Å². The van der Waals surface area contributed by atoms with Crippen LogP contribution in [0.5, 0.6) is 11.5 Å². The number of carbonyl (C=O) groups is 1. The number of hydrogen-bond donors (Lipinski definition) is 1. The molecule has 0 aliphatic rings. The van der Waals surface area contributed by atoms with E-state index in [0.717, 1.165) is 22.7 Å². The van der Waals surface area contributed by atoms with Gasteiger partial charge < -0.3 is 14.8 Å². The van der Waals surface area contributed by atoms with Crippen molar-refractivity contribution in [3.8, 4) is 11.5 Å². The zero-order valence-electron chi connectivity index (χ0n) is 17.9. The van der Waals surface area contributed by atoms with Gasteiger partial charge in [0.1, 0.15) is 16.4 Å². The van der Waals surface area contributed by atoms with Gasteiger partial charge in [0.25, 0.3) is 0 Å². The normalized spacial score (nSPS) is 12.4. The Morgan fingerprint density at radius 1 is 1.10 bits per heavy atom. The maximum Gasteiger partial charge on any atom is 0.247 e. The van der Waals surface area contributed by atoms with Gasteiger partial charge in [-0.15, -0.1) is 0 Å². The fourth-order valence-electron chi connectivity index (χ4n) is 3.12. The third-order valence-electron chi connectivity index (χ3n) is 4.64. The Morgan fingerprint density at radius 3 is 2.40 bits per heavy atom. The highest BCUT2D eigenvalue weighted by Gasteiger charge is 2.30. The van der Waals surface area contributed by atoms with E-state index in [-0.39, 0.29) is 35.7 Å². The standard InChI is InChI=1S/C22H30N2O5S/c1-5-9-17(2)23-22(25)16-24(15-18-10-7-6-8-11-18)30(26,27)21-14-19(28-3)12-13-20(21)29-4/h6-8,10-14,17H,5,9,15-16H2,1-4H3,(H,23,25)/t17-/m1/s1. The van der Waals surface area contributed by atoms with E-state index < -0.39 is 10.0 Å². The molecule has 0 aromatic heterocycles. The summed E-state index contributed by atoms with van der Waals surface area (Å²) in [6.45, 7) is 3.69. The summed E-state index contributed by atoms with van der Waals surface area (Å²) in [6, 6.07) is 13.7. The van der Waals surface area contributed by atoms with Gasteiger partial charge in [0.05, 0.1) is 20.8 Å². The fraction of sp³-hybridized carbons (Fsp3) is 0.409. The molecule has 0 heterocycles. The molecular weight excluding hydrogens is 404 g/mol. The van der Waals surface area contributed by atoms with Crippen LogP contribution in [0.4, 0.5) is 0 Å². The summed E-state index contributed by atoms with van der Waals surface area (Å²) in [5.74, 6) is 0.223. The molecule has 0 aliphatic carbocycles. The van der Waals surface area contributed by atoms with E-state index in [2.05, 4.69) is 5.32 Å². The van der Waals surface area contributed by atoms with Crippen LogP contribution in [0.2, 0.25) is 0 Å². The molecule has 0 bridgehead atoms. The fourth-order valence-corrected chi connectivity index (χ4v) is 4.68. The third-order valence-corrected chi connectivity index (χ3v) is 6.45. The minimum Gasteiger partial charge on any atom is -0.497 e. The molecular formula is C22H30N2O5S. The minimum absolute atomic E-state index is 0.0323. The monoisotopic (exact) mass is 434 g/mol. The summed E-state index contributed by atoms with van der Waals surface area (Å²) in [5.41, 5.74) is 0.775. The first kappa shape index (κ1) is 23.7. The van der Waals surface area contributed by atoms with Gasteiger partial charge in [0.15, 0.2) is 0 Å². The van der Waals surface area contributed by atoms with Crippen molar-refractivity contribution in [3.63, 3.8) is 0 Å². The number of nitrogens with one attached hydrogen (secondary N) is 1. The van der Waals surface area contributed by atoms with E-state index in [4.69, 9.17) is 9.47 Å². The maximum absolute atomic E-state index is 13.5. The second-order valence-corrected chi connectivity index (χ2v) is 8.94. The Kier molecular flexibility index (Phi) is 8.68. The van der Waals surface area contributed by atoms with Crippen LogP contribution in [0.25, 0.3) is 0 Å². The van der Waals surface area contributed by atoms with Gasteiger partial charge >= 0.3 is 0 Å². The van der Waals surface area contributed by atoms with Crippen LogP contribution in [-0.2, 0) is 21.4 Å². The van der Waals surface area contributed by atoms with Crippen LogP contribution in [0.1, 0.15) is 32.3 Å². The van der Waals surface area contributed by atoms with Crippen molar-refractivity contribution in [1.29, 1.82) is 0 Å². The zero-order chi connectivity index (χ0) is 22.1. The molecule has 2 aromatic rings. The lowest BCUT2D eigenvalue weighted by Gasteiger charge is -2.24. The number of amides is 1. The largest absolute Gasteiger partial charge is 0.497 e. The van der Waals surface area contributed by atoms with Crippen LogP contribution < -0.4 is 14.8 Å². The van der Waals surface area contributed by atoms with Crippen LogP contribution in [0, 0.1) is 0 Å². The van der Waals surface area contributed by atoms with Crippen molar-refractivity contribution in [1.82, 2.24) is 9.62 Å². The highest BCUT2D eigenvalue weighted by atomic mass is 32.2. The molecule has 2 aromatic carbocycles. The molecule has 1 amide bonds. The van der Waals surface area contributed by atoms with Gasteiger partial charge in [0, 0.05) is 18.7 Å². The lowest BCUT2D eigenvalue weighted by molar-refractivity contribution is -0.122. The SMILES string of the molecule is CCC[C@@H](C)NC(=O)CN(Cc1ccccc1)S(=O)(=O)c1cc(OC)ccc1OC. The molecule has 0 saturated carbocycles. The van der Waals surface area contributed by atoms with Crippen LogP contribution in [0.15, 0.2) is 53.4 Å². The van der Waals surface area contributed by atoms with Gasteiger partial charge in [-0.1, -0.05) is 43.7 Å². The number of carbonyl (C=O) groups excluding carboxylic acids is 1. The van der Waals surface area contributed by atoms with E-state index in [1.807, 2.05) is 44.2 Å². The molecule has 7 nitrogen and oxygen atoms in total. The lowest BCUT2D eigenvalue weighted by atomic mass is 10.2. The topological polar surface area (TPSA) is 84.9 Å². The number of rotatable bonds is 11. The van der Waals surface area contributed by atoms with Crippen molar-refractivity contribution >= 4 is 15.9 Å². The molecule has 0 radical (unpaired) electrons. The molecule has 0 aliphatic heterocycles. The molecule has 0 unspecified atom stereocenters.